The van der Waals surface area contributed by atoms with Crippen LogP contribution in [0.5, 0.6) is 0 Å². The molecule has 2 rings (SSSR count). The molecule has 0 fully saturated rings. The van der Waals surface area contributed by atoms with E-state index in [1.54, 1.807) is 23.3 Å². The molecule has 0 aromatic carbocycles. The fraction of sp³-hybridized carbons (Fsp3) is 0.286. The lowest BCUT2D eigenvalue weighted by Crippen LogP contribution is -2.41. The van der Waals surface area contributed by atoms with E-state index in [1.807, 2.05) is 19.1 Å². The summed E-state index contributed by atoms with van der Waals surface area (Å²) in [6, 6.07) is 2.78. The zero-order valence-corrected chi connectivity index (χ0v) is 11.8. The first-order chi connectivity index (χ1) is 9.97. The minimum absolute atomic E-state index is 0.119. The van der Waals surface area contributed by atoms with E-state index < -0.39 is 12.0 Å². The van der Waals surface area contributed by atoms with Crippen molar-refractivity contribution < 1.29 is 14.7 Å². The molecular formula is C14H16N4O3. The maximum absolute atomic E-state index is 11.1. The lowest BCUT2D eigenvalue weighted by Gasteiger charge is -2.11. The van der Waals surface area contributed by atoms with Gasteiger partial charge in [-0.15, -0.1) is 0 Å². The number of aliphatic carboxylic acids is 1. The Morgan fingerprint density at radius 3 is 2.81 bits per heavy atom. The van der Waals surface area contributed by atoms with Gasteiger partial charge in [-0.1, -0.05) is 6.07 Å². The van der Waals surface area contributed by atoms with Crippen molar-refractivity contribution in [3.8, 4) is 5.82 Å². The Morgan fingerprint density at radius 2 is 2.19 bits per heavy atom. The summed E-state index contributed by atoms with van der Waals surface area (Å²) in [5.74, 6) is -0.737. The Bertz CT molecular complexity index is 666. The van der Waals surface area contributed by atoms with Crippen molar-refractivity contribution in [2.75, 3.05) is 0 Å². The molecular weight excluding hydrogens is 272 g/mol. The number of carboxylic acid groups (broad SMARTS) is 1. The van der Waals surface area contributed by atoms with E-state index in [9.17, 15) is 9.59 Å². The minimum atomic E-state index is -1.09. The molecule has 1 atom stereocenters. The summed E-state index contributed by atoms with van der Waals surface area (Å²) in [7, 11) is 0. The van der Waals surface area contributed by atoms with Gasteiger partial charge >= 0.3 is 5.97 Å². The lowest BCUT2D eigenvalue weighted by atomic mass is 10.1. The number of nitrogens with one attached hydrogen (secondary N) is 1. The van der Waals surface area contributed by atoms with Crippen molar-refractivity contribution in [1.82, 2.24) is 19.9 Å². The van der Waals surface area contributed by atoms with E-state index in [4.69, 9.17) is 5.11 Å². The summed E-state index contributed by atoms with van der Waals surface area (Å²) in [5.41, 5.74) is 1.55. The number of carboxylic acids is 1. The smallest absolute Gasteiger partial charge is 0.326 e. The van der Waals surface area contributed by atoms with E-state index in [0.29, 0.717) is 5.69 Å². The Morgan fingerprint density at radius 1 is 1.43 bits per heavy atom. The maximum atomic E-state index is 11.1. The average Bonchev–Trinajstić information content (AvgIpc) is 2.86. The van der Waals surface area contributed by atoms with E-state index in [0.717, 1.165) is 11.4 Å². The topological polar surface area (TPSA) is 97.1 Å². The second-order valence-corrected chi connectivity index (χ2v) is 4.71. The van der Waals surface area contributed by atoms with Crippen molar-refractivity contribution in [3.05, 3.63) is 42.1 Å². The summed E-state index contributed by atoms with van der Waals surface area (Å²) in [6.07, 6.45) is 5.09. The number of nitrogens with zero attached hydrogens (tertiary/aromatic N) is 3. The largest absolute Gasteiger partial charge is 0.480 e. The molecule has 0 radical (unpaired) electrons. The second-order valence-electron chi connectivity index (χ2n) is 4.71. The molecule has 2 heterocycles. The van der Waals surface area contributed by atoms with E-state index in [1.165, 1.54) is 6.92 Å². The van der Waals surface area contributed by atoms with Gasteiger partial charge in [-0.25, -0.2) is 14.8 Å². The molecule has 0 unspecified atom stereocenters. The van der Waals surface area contributed by atoms with Gasteiger partial charge in [0.05, 0.1) is 5.69 Å². The second kappa shape index (κ2) is 6.17. The molecule has 0 aliphatic carbocycles. The highest BCUT2D eigenvalue weighted by Crippen LogP contribution is 2.11. The van der Waals surface area contributed by atoms with Crippen LogP contribution in [0, 0.1) is 6.92 Å². The Hall–Kier alpha value is -2.70. The van der Waals surface area contributed by atoms with Gasteiger partial charge in [-0.05, 0) is 18.6 Å². The first kappa shape index (κ1) is 14.7. The number of carbonyl (C=O) groups excluding carboxylic acids is 1. The molecule has 2 aromatic heterocycles. The molecule has 0 aliphatic heterocycles. The van der Waals surface area contributed by atoms with E-state index in [-0.39, 0.29) is 12.3 Å². The van der Waals surface area contributed by atoms with Crippen LogP contribution in [0.4, 0.5) is 0 Å². The highest BCUT2D eigenvalue weighted by Gasteiger charge is 2.20. The van der Waals surface area contributed by atoms with Crippen molar-refractivity contribution in [2.24, 2.45) is 0 Å². The number of aromatic nitrogens is 3. The monoisotopic (exact) mass is 288 g/mol. The van der Waals surface area contributed by atoms with Gasteiger partial charge in [-0.2, -0.15) is 0 Å². The fourth-order valence-electron chi connectivity index (χ4n) is 1.99. The molecule has 1 amide bonds. The average molecular weight is 288 g/mol. The molecule has 0 bridgehead atoms. The number of hydrogen-bond donors (Lipinski definition) is 2. The van der Waals surface area contributed by atoms with Crippen LogP contribution in [0.2, 0.25) is 0 Å². The van der Waals surface area contributed by atoms with Crippen molar-refractivity contribution in [1.29, 1.82) is 0 Å². The Balaban J connectivity index is 2.18. The molecule has 21 heavy (non-hydrogen) atoms. The predicted octanol–water partition coefficient (Wildman–Crippen LogP) is 0.708. The molecule has 7 heteroatoms. The first-order valence-corrected chi connectivity index (χ1v) is 6.42. The highest BCUT2D eigenvalue weighted by molar-refractivity contribution is 5.82. The minimum Gasteiger partial charge on any atom is -0.480 e. The fourth-order valence-corrected chi connectivity index (χ4v) is 1.99. The third kappa shape index (κ3) is 3.65. The SMILES string of the molecule is CC(=O)N[C@@H](Cc1cn(-c2ncccc2C)cn1)C(=O)O. The van der Waals surface area contributed by atoms with Crippen LogP contribution in [0.15, 0.2) is 30.9 Å². The number of amides is 1. The zero-order valence-electron chi connectivity index (χ0n) is 11.8. The van der Waals surface area contributed by atoms with Crippen LogP contribution in [-0.2, 0) is 16.0 Å². The number of carbonyl (C=O) groups is 2. The van der Waals surface area contributed by atoms with Gasteiger partial charge < -0.3 is 10.4 Å². The molecule has 0 spiro atoms. The van der Waals surface area contributed by atoms with Crippen molar-refractivity contribution >= 4 is 11.9 Å². The summed E-state index contributed by atoms with van der Waals surface area (Å²) in [5, 5.41) is 11.5. The quantitative estimate of drug-likeness (QED) is 0.844. The number of imidazole rings is 1. The third-order valence-electron chi connectivity index (χ3n) is 2.95. The van der Waals surface area contributed by atoms with Gasteiger partial charge in [-0.3, -0.25) is 9.36 Å². The van der Waals surface area contributed by atoms with Crippen LogP contribution in [0.3, 0.4) is 0 Å². The van der Waals surface area contributed by atoms with Crippen LogP contribution in [0.25, 0.3) is 5.82 Å². The van der Waals surface area contributed by atoms with E-state index in [2.05, 4.69) is 15.3 Å². The molecule has 7 nitrogen and oxygen atoms in total. The molecule has 0 saturated carbocycles. The van der Waals surface area contributed by atoms with Gasteiger partial charge in [0.15, 0.2) is 0 Å². The predicted molar refractivity (Wildman–Crippen MR) is 75.0 cm³/mol. The number of hydrogen-bond acceptors (Lipinski definition) is 4. The van der Waals surface area contributed by atoms with Crippen LogP contribution >= 0.6 is 0 Å². The standard InChI is InChI=1S/C14H16N4O3/c1-9-4-3-5-15-13(9)18-7-11(16-8-18)6-12(14(20)21)17-10(2)19/h3-5,7-8,12H,6H2,1-2H3,(H,17,19)(H,20,21)/t12-/m0/s1. The first-order valence-electron chi connectivity index (χ1n) is 6.42. The molecule has 2 N–H and O–H groups in total. The molecule has 0 saturated heterocycles. The summed E-state index contributed by atoms with van der Waals surface area (Å²) in [4.78, 5) is 30.6. The van der Waals surface area contributed by atoms with Crippen LogP contribution in [-0.4, -0.2) is 37.6 Å². The third-order valence-corrected chi connectivity index (χ3v) is 2.95. The number of aryl methyl sites for hydroxylation is 1. The lowest BCUT2D eigenvalue weighted by molar-refractivity contribution is -0.141. The number of pyridine rings is 1. The maximum Gasteiger partial charge on any atom is 0.326 e. The molecule has 110 valence electrons. The van der Waals surface area contributed by atoms with Gasteiger partial charge in [0.25, 0.3) is 0 Å². The van der Waals surface area contributed by atoms with Gasteiger partial charge in [0, 0.05) is 25.7 Å². The number of rotatable bonds is 5. The summed E-state index contributed by atoms with van der Waals surface area (Å²) in [6.45, 7) is 3.21. The van der Waals surface area contributed by atoms with E-state index >= 15 is 0 Å². The van der Waals surface area contributed by atoms with Crippen molar-refractivity contribution in [3.63, 3.8) is 0 Å². The zero-order chi connectivity index (χ0) is 15.4. The Kier molecular flexibility index (Phi) is 4.32. The highest BCUT2D eigenvalue weighted by atomic mass is 16.4. The summed E-state index contributed by atoms with van der Waals surface area (Å²) >= 11 is 0. The Labute approximate surface area is 121 Å². The normalized spacial score (nSPS) is 11.9. The van der Waals surface area contributed by atoms with Crippen molar-refractivity contribution in [2.45, 2.75) is 26.3 Å². The summed E-state index contributed by atoms with van der Waals surface area (Å²) < 4.78 is 1.73. The molecule has 0 aliphatic rings. The van der Waals surface area contributed by atoms with Crippen LogP contribution < -0.4 is 5.32 Å². The van der Waals surface area contributed by atoms with Crippen LogP contribution in [0.1, 0.15) is 18.2 Å². The van der Waals surface area contributed by atoms with Gasteiger partial charge in [0.2, 0.25) is 5.91 Å². The molecule has 2 aromatic rings. The van der Waals surface area contributed by atoms with Gasteiger partial charge in [0.1, 0.15) is 18.2 Å².